The molecule has 2 rings (SSSR count). The third kappa shape index (κ3) is 1.85. The highest BCUT2D eigenvalue weighted by Gasteiger charge is 2.43. The number of rotatable bonds is 3. The summed E-state index contributed by atoms with van der Waals surface area (Å²) in [7, 11) is 0. The van der Waals surface area contributed by atoms with Crippen LogP contribution < -0.4 is 5.32 Å². The van der Waals surface area contributed by atoms with E-state index in [2.05, 4.69) is 10.3 Å². The van der Waals surface area contributed by atoms with Gasteiger partial charge in [-0.25, -0.2) is 0 Å². The highest BCUT2D eigenvalue weighted by molar-refractivity contribution is 5.95. The molecular weight excluding hydrogens is 192 g/mol. The minimum Gasteiger partial charge on any atom is -0.395 e. The molecule has 80 valence electrons. The molecule has 0 radical (unpaired) electrons. The van der Waals surface area contributed by atoms with Crippen molar-refractivity contribution < 1.29 is 9.90 Å². The van der Waals surface area contributed by atoms with E-state index in [1.165, 1.54) is 0 Å². The molecule has 1 aromatic rings. The number of nitrogens with zero attached hydrogens (tertiary/aromatic N) is 1. The summed E-state index contributed by atoms with van der Waals surface area (Å²) in [6, 6.07) is 3.48. The van der Waals surface area contributed by atoms with Crippen LogP contribution in [0.4, 0.5) is 5.69 Å². The maximum Gasteiger partial charge on any atom is 0.232 e. The summed E-state index contributed by atoms with van der Waals surface area (Å²) in [6.45, 7) is -0.0656. The largest absolute Gasteiger partial charge is 0.395 e. The number of aliphatic hydroxyl groups excluding tert-OH is 1. The second-order valence-electron chi connectivity index (χ2n) is 3.98. The van der Waals surface area contributed by atoms with Crippen LogP contribution >= 0.6 is 0 Å². The summed E-state index contributed by atoms with van der Waals surface area (Å²) >= 11 is 0. The summed E-state index contributed by atoms with van der Waals surface area (Å²) in [5.74, 6) is -0.0811. The topological polar surface area (TPSA) is 62.2 Å². The van der Waals surface area contributed by atoms with Crippen LogP contribution in [-0.2, 0) is 4.79 Å². The van der Waals surface area contributed by atoms with Gasteiger partial charge in [-0.3, -0.25) is 9.78 Å². The molecule has 0 aromatic carbocycles. The van der Waals surface area contributed by atoms with Crippen molar-refractivity contribution in [2.75, 3.05) is 11.9 Å². The van der Waals surface area contributed by atoms with Crippen molar-refractivity contribution in [1.82, 2.24) is 4.98 Å². The maximum atomic E-state index is 11.9. The van der Waals surface area contributed by atoms with E-state index >= 15 is 0 Å². The fourth-order valence-electron chi connectivity index (χ4n) is 1.76. The van der Waals surface area contributed by atoms with E-state index in [0.29, 0.717) is 0 Å². The number of carbonyl (C=O) groups is 1. The molecule has 0 bridgehead atoms. The van der Waals surface area contributed by atoms with Gasteiger partial charge in [0.1, 0.15) is 0 Å². The molecular formula is C11H14N2O2. The van der Waals surface area contributed by atoms with E-state index in [0.717, 1.165) is 24.9 Å². The minimum atomic E-state index is -0.538. The second-order valence-corrected chi connectivity index (χ2v) is 3.98. The minimum absolute atomic E-state index is 0.0656. The van der Waals surface area contributed by atoms with Gasteiger partial charge in [-0.15, -0.1) is 0 Å². The molecule has 1 saturated carbocycles. The fourth-order valence-corrected chi connectivity index (χ4v) is 1.76. The second kappa shape index (κ2) is 3.98. The molecule has 1 aliphatic rings. The Balaban J connectivity index is 2.04. The van der Waals surface area contributed by atoms with Crippen molar-refractivity contribution in [2.45, 2.75) is 19.3 Å². The molecule has 4 heteroatoms. The number of hydrogen-bond acceptors (Lipinski definition) is 3. The van der Waals surface area contributed by atoms with Crippen LogP contribution in [0.5, 0.6) is 0 Å². The van der Waals surface area contributed by atoms with E-state index in [-0.39, 0.29) is 12.5 Å². The van der Waals surface area contributed by atoms with Gasteiger partial charge >= 0.3 is 0 Å². The van der Waals surface area contributed by atoms with E-state index in [1.807, 2.05) is 0 Å². The van der Waals surface area contributed by atoms with Gasteiger partial charge < -0.3 is 10.4 Å². The van der Waals surface area contributed by atoms with Crippen molar-refractivity contribution in [3.8, 4) is 0 Å². The SMILES string of the molecule is O=C(Nc1ccncc1)C1(CO)CCC1. The van der Waals surface area contributed by atoms with Gasteiger partial charge in [0, 0.05) is 18.1 Å². The molecule has 0 spiro atoms. The molecule has 0 atom stereocenters. The molecule has 1 aromatic heterocycles. The van der Waals surface area contributed by atoms with Gasteiger partial charge in [-0.1, -0.05) is 6.42 Å². The lowest BCUT2D eigenvalue weighted by atomic mass is 9.68. The smallest absolute Gasteiger partial charge is 0.232 e. The molecule has 1 aliphatic carbocycles. The van der Waals surface area contributed by atoms with Gasteiger partial charge in [-0.05, 0) is 25.0 Å². The molecule has 0 saturated heterocycles. The Bertz CT molecular complexity index is 341. The van der Waals surface area contributed by atoms with E-state index < -0.39 is 5.41 Å². The zero-order chi connectivity index (χ0) is 10.7. The highest BCUT2D eigenvalue weighted by Crippen LogP contribution is 2.41. The molecule has 2 N–H and O–H groups in total. The zero-order valence-electron chi connectivity index (χ0n) is 8.44. The van der Waals surface area contributed by atoms with Crippen molar-refractivity contribution >= 4 is 11.6 Å². The summed E-state index contributed by atoms with van der Waals surface area (Å²) in [5, 5.41) is 12.0. The number of nitrogens with one attached hydrogen (secondary N) is 1. The number of carbonyl (C=O) groups excluding carboxylic acids is 1. The predicted octanol–water partition coefficient (Wildman–Crippen LogP) is 1.18. The van der Waals surface area contributed by atoms with Gasteiger partial charge in [0.15, 0.2) is 0 Å². The predicted molar refractivity (Wildman–Crippen MR) is 56.2 cm³/mol. The molecule has 1 fully saturated rings. The van der Waals surface area contributed by atoms with Crippen LogP contribution in [0.25, 0.3) is 0 Å². The number of hydrogen-bond donors (Lipinski definition) is 2. The first-order chi connectivity index (χ1) is 7.27. The molecule has 4 nitrogen and oxygen atoms in total. The third-order valence-electron chi connectivity index (χ3n) is 3.03. The van der Waals surface area contributed by atoms with Crippen molar-refractivity contribution in [2.24, 2.45) is 5.41 Å². The molecule has 15 heavy (non-hydrogen) atoms. The van der Waals surface area contributed by atoms with Crippen LogP contribution in [0.15, 0.2) is 24.5 Å². The van der Waals surface area contributed by atoms with Crippen molar-refractivity contribution in [1.29, 1.82) is 0 Å². The molecule has 1 heterocycles. The first-order valence-corrected chi connectivity index (χ1v) is 5.09. The quantitative estimate of drug-likeness (QED) is 0.780. The summed E-state index contributed by atoms with van der Waals surface area (Å²) in [6.07, 6.45) is 5.83. The average molecular weight is 206 g/mol. The Morgan fingerprint density at radius 2 is 2.13 bits per heavy atom. The first-order valence-electron chi connectivity index (χ1n) is 5.09. The third-order valence-corrected chi connectivity index (χ3v) is 3.03. The summed E-state index contributed by atoms with van der Waals surface area (Å²) < 4.78 is 0. The molecule has 0 aliphatic heterocycles. The van der Waals surface area contributed by atoms with Gasteiger partial charge in [0.25, 0.3) is 0 Å². The average Bonchev–Trinajstić information content (AvgIpc) is 2.18. The van der Waals surface area contributed by atoms with E-state index in [1.54, 1.807) is 24.5 Å². The van der Waals surface area contributed by atoms with Crippen molar-refractivity contribution in [3.05, 3.63) is 24.5 Å². The fraction of sp³-hybridized carbons (Fsp3) is 0.455. The van der Waals surface area contributed by atoms with E-state index in [9.17, 15) is 9.90 Å². The van der Waals surface area contributed by atoms with Gasteiger partial charge in [0.05, 0.1) is 12.0 Å². The Morgan fingerprint density at radius 3 is 2.60 bits per heavy atom. The van der Waals surface area contributed by atoms with Crippen LogP contribution in [0.3, 0.4) is 0 Å². The Kier molecular flexibility index (Phi) is 2.68. The molecule has 0 unspecified atom stereocenters. The van der Waals surface area contributed by atoms with Crippen molar-refractivity contribution in [3.63, 3.8) is 0 Å². The monoisotopic (exact) mass is 206 g/mol. The van der Waals surface area contributed by atoms with E-state index in [4.69, 9.17) is 0 Å². The highest BCUT2D eigenvalue weighted by atomic mass is 16.3. The Morgan fingerprint density at radius 1 is 1.47 bits per heavy atom. The van der Waals surface area contributed by atoms with Crippen LogP contribution in [0.1, 0.15) is 19.3 Å². The van der Waals surface area contributed by atoms with Gasteiger partial charge in [-0.2, -0.15) is 0 Å². The summed E-state index contributed by atoms with van der Waals surface area (Å²) in [5.41, 5.74) is 0.193. The Labute approximate surface area is 88.3 Å². The first kappa shape index (κ1) is 10.1. The number of pyridine rings is 1. The number of anilines is 1. The lowest BCUT2D eigenvalue weighted by Crippen LogP contribution is -2.44. The van der Waals surface area contributed by atoms with Crippen LogP contribution in [0.2, 0.25) is 0 Å². The lowest BCUT2D eigenvalue weighted by molar-refractivity contribution is -0.133. The standard InChI is InChI=1S/C11H14N2O2/c14-8-11(4-1-5-11)10(15)13-9-2-6-12-7-3-9/h2-3,6-7,14H,1,4-5,8H2,(H,12,13,15). The molecule has 1 amide bonds. The van der Waals surface area contributed by atoms with Crippen LogP contribution in [0, 0.1) is 5.41 Å². The lowest BCUT2D eigenvalue weighted by Gasteiger charge is -2.38. The Hall–Kier alpha value is -1.42. The number of amides is 1. The zero-order valence-corrected chi connectivity index (χ0v) is 8.44. The number of aliphatic hydroxyl groups is 1. The summed E-state index contributed by atoms with van der Waals surface area (Å²) in [4.78, 5) is 15.7. The maximum absolute atomic E-state index is 11.9. The number of aromatic nitrogens is 1. The normalized spacial score (nSPS) is 17.9. The van der Waals surface area contributed by atoms with Crippen LogP contribution in [-0.4, -0.2) is 22.6 Å². The van der Waals surface area contributed by atoms with Gasteiger partial charge in [0.2, 0.25) is 5.91 Å².